The minimum Gasteiger partial charge on any atom is -0.323 e. The molecule has 0 aliphatic carbocycles. The molecule has 0 saturated carbocycles. The third kappa shape index (κ3) is 5.52. The van der Waals surface area contributed by atoms with Crippen molar-refractivity contribution in [1.82, 2.24) is 0 Å². The van der Waals surface area contributed by atoms with E-state index in [1.54, 1.807) is 23.9 Å². The van der Waals surface area contributed by atoms with Gasteiger partial charge in [0.25, 0.3) is 0 Å². The van der Waals surface area contributed by atoms with Gasteiger partial charge in [0.2, 0.25) is 15.9 Å². The lowest BCUT2D eigenvalue weighted by atomic mass is 10.1. The van der Waals surface area contributed by atoms with Gasteiger partial charge in [0.15, 0.2) is 0 Å². The number of anilines is 2. The summed E-state index contributed by atoms with van der Waals surface area (Å²) in [6.45, 7) is 7.69. The maximum Gasteiger partial charge on any atom is 0.248 e. The lowest BCUT2D eigenvalue weighted by molar-refractivity contribution is -0.117. The standard InChI is InChI=1S/C21H28N2O3S2/c1-6-19(21(24)22-18-10-8-9-11-20(18)27-7-2)23(28(5,25)26)17-13-15(3)12-16(4)14-17/h8-14,19H,6-7H2,1-5H3,(H,22,24)/t19-/m1/s1. The number of amides is 1. The maximum atomic E-state index is 13.1. The highest BCUT2D eigenvalue weighted by Gasteiger charge is 2.32. The summed E-state index contributed by atoms with van der Waals surface area (Å²) in [6.07, 6.45) is 1.50. The molecule has 28 heavy (non-hydrogen) atoms. The van der Waals surface area contributed by atoms with Gasteiger partial charge < -0.3 is 5.32 Å². The first-order chi connectivity index (χ1) is 13.2. The molecule has 0 spiro atoms. The van der Waals surface area contributed by atoms with E-state index in [1.807, 2.05) is 58.0 Å². The monoisotopic (exact) mass is 420 g/mol. The lowest BCUT2D eigenvalue weighted by Crippen LogP contribution is -2.47. The predicted molar refractivity (Wildman–Crippen MR) is 119 cm³/mol. The number of carbonyl (C=O) groups is 1. The fourth-order valence-corrected chi connectivity index (χ4v) is 5.16. The number of nitrogens with one attached hydrogen (secondary N) is 1. The molecular weight excluding hydrogens is 392 g/mol. The molecule has 1 amide bonds. The second-order valence-corrected chi connectivity index (χ2v) is 9.91. The van der Waals surface area contributed by atoms with Gasteiger partial charge in [-0.15, -0.1) is 11.8 Å². The van der Waals surface area contributed by atoms with Crippen LogP contribution in [0.15, 0.2) is 47.4 Å². The Morgan fingerprint density at radius 3 is 2.25 bits per heavy atom. The first kappa shape index (κ1) is 22.3. The maximum absolute atomic E-state index is 13.1. The van der Waals surface area contributed by atoms with Crippen LogP contribution < -0.4 is 9.62 Å². The smallest absolute Gasteiger partial charge is 0.248 e. The predicted octanol–water partition coefficient (Wildman–Crippen LogP) is 4.60. The topological polar surface area (TPSA) is 66.5 Å². The molecule has 2 rings (SSSR count). The van der Waals surface area contributed by atoms with Crippen LogP contribution >= 0.6 is 11.8 Å². The van der Waals surface area contributed by atoms with E-state index in [0.717, 1.165) is 28.0 Å². The fourth-order valence-electron chi connectivity index (χ4n) is 3.21. The summed E-state index contributed by atoms with van der Waals surface area (Å²) in [4.78, 5) is 14.1. The zero-order valence-corrected chi connectivity index (χ0v) is 18.7. The van der Waals surface area contributed by atoms with Gasteiger partial charge >= 0.3 is 0 Å². The molecule has 0 aliphatic heterocycles. The molecule has 0 radical (unpaired) electrons. The van der Waals surface area contributed by atoms with E-state index in [2.05, 4.69) is 5.32 Å². The van der Waals surface area contributed by atoms with E-state index >= 15 is 0 Å². The van der Waals surface area contributed by atoms with Crippen LogP contribution in [-0.2, 0) is 14.8 Å². The van der Waals surface area contributed by atoms with E-state index in [1.165, 1.54) is 4.31 Å². The second kappa shape index (κ2) is 9.47. The van der Waals surface area contributed by atoms with E-state index in [0.29, 0.717) is 17.8 Å². The molecule has 2 aromatic carbocycles. The summed E-state index contributed by atoms with van der Waals surface area (Å²) in [5.41, 5.74) is 3.11. The number of nitrogens with zero attached hydrogens (tertiary/aromatic N) is 1. The van der Waals surface area contributed by atoms with Crippen molar-refractivity contribution in [2.24, 2.45) is 0 Å². The Hall–Kier alpha value is -1.99. The van der Waals surface area contributed by atoms with Crippen molar-refractivity contribution in [2.75, 3.05) is 21.6 Å². The molecular formula is C21H28N2O3S2. The number of benzene rings is 2. The molecule has 0 bridgehead atoms. The summed E-state index contributed by atoms with van der Waals surface area (Å²) < 4.78 is 26.5. The quantitative estimate of drug-likeness (QED) is 0.634. The van der Waals surface area contributed by atoms with Crippen LogP contribution in [-0.4, -0.2) is 32.4 Å². The summed E-state index contributed by atoms with van der Waals surface area (Å²) in [7, 11) is -3.65. The van der Waals surface area contributed by atoms with Crippen LogP contribution in [0.2, 0.25) is 0 Å². The average Bonchev–Trinajstić information content (AvgIpc) is 2.59. The Morgan fingerprint density at radius 2 is 1.71 bits per heavy atom. The van der Waals surface area contributed by atoms with Gasteiger partial charge in [-0.2, -0.15) is 0 Å². The summed E-state index contributed by atoms with van der Waals surface area (Å²) >= 11 is 1.63. The number of rotatable bonds is 8. The molecule has 152 valence electrons. The van der Waals surface area contributed by atoms with Gasteiger partial charge in [0, 0.05) is 4.90 Å². The molecule has 1 N–H and O–H groups in total. The molecule has 5 nitrogen and oxygen atoms in total. The Labute approximate surface area is 172 Å². The minimum atomic E-state index is -3.65. The van der Waals surface area contributed by atoms with Crippen molar-refractivity contribution in [3.8, 4) is 0 Å². The third-order valence-corrected chi connectivity index (χ3v) is 6.37. The zero-order valence-electron chi connectivity index (χ0n) is 17.0. The molecule has 0 saturated heterocycles. The number of carbonyl (C=O) groups excluding carboxylic acids is 1. The van der Waals surface area contributed by atoms with Crippen molar-refractivity contribution in [3.63, 3.8) is 0 Å². The van der Waals surface area contributed by atoms with Crippen molar-refractivity contribution in [3.05, 3.63) is 53.6 Å². The highest BCUT2D eigenvalue weighted by atomic mass is 32.2. The van der Waals surface area contributed by atoms with E-state index < -0.39 is 16.1 Å². The van der Waals surface area contributed by atoms with Crippen molar-refractivity contribution in [1.29, 1.82) is 0 Å². The Kier molecular flexibility index (Phi) is 7.55. The number of sulfonamides is 1. The molecule has 2 aromatic rings. The van der Waals surface area contributed by atoms with Crippen LogP contribution in [0.1, 0.15) is 31.4 Å². The average molecular weight is 421 g/mol. The van der Waals surface area contributed by atoms with Gasteiger partial charge in [-0.3, -0.25) is 9.10 Å². The number of hydrogen-bond acceptors (Lipinski definition) is 4. The van der Waals surface area contributed by atoms with Gasteiger partial charge in [-0.25, -0.2) is 8.42 Å². The van der Waals surface area contributed by atoms with Crippen molar-refractivity contribution in [2.45, 2.75) is 45.1 Å². The summed E-state index contributed by atoms with van der Waals surface area (Å²) in [5, 5.41) is 2.93. The minimum absolute atomic E-state index is 0.337. The second-order valence-electron chi connectivity index (χ2n) is 6.75. The van der Waals surface area contributed by atoms with Crippen LogP contribution in [0.3, 0.4) is 0 Å². The van der Waals surface area contributed by atoms with Gasteiger partial charge in [-0.1, -0.05) is 32.0 Å². The van der Waals surface area contributed by atoms with E-state index in [-0.39, 0.29) is 5.91 Å². The van der Waals surface area contributed by atoms with E-state index in [4.69, 9.17) is 0 Å². The largest absolute Gasteiger partial charge is 0.323 e. The number of hydrogen-bond donors (Lipinski definition) is 1. The van der Waals surface area contributed by atoms with Crippen molar-refractivity contribution < 1.29 is 13.2 Å². The van der Waals surface area contributed by atoms with Gasteiger partial charge in [-0.05, 0) is 61.4 Å². The molecule has 1 atom stereocenters. The van der Waals surface area contributed by atoms with Crippen molar-refractivity contribution >= 4 is 39.1 Å². The Morgan fingerprint density at radius 1 is 1.11 bits per heavy atom. The Balaban J connectivity index is 2.43. The highest BCUT2D eigenvalue weighted by Crippen LogP contribution is 2.29. The third-order valence-electron chi connectivity index (χ3n) is 4.24. The zero-order chi connectivity index (χ0) is 20.9. The fraction of sp³-hybridized carbons (Fsp3) is 0.381. The highest BCUT2D eigenvalue weighted by molar-refractivity contribution is 7.99. The number of para-hydroxylation sites is 1. The number of thioether (sulfide) groups is 1. The molecule has 0 heterocycles. The van der Waals surface area contributed by atoms with E-state index in [9.17, 15) is 13.2 Å². The first-order valence-electron chi connectivity index (χ1n) is 9.27. The van der Waals surface area contributed by atoms with Crippen LogP contribution in [0.4, 0.5) is 11.4 Å². The SMILES string of the molecule is CCSc1ccccc1NC(=O)[C@@H](CC)N(c1cc(C)cc(C)c1)S(C)(=O)=O. The number of aryl methyl sites for hydroxylation is 2. The summed E-state index contributed by atoms with van der Waals surface area (Å²) in [5.74, 6) is 0.540. The van der Waals surface area contributed by atoms with Gasteiger partial charge in [0.1, 0.15) is 6.04 Å². The molecule has 0 aromatic heterocycles. The lowest BCUT2D eigenvalue weighted by Gasteiger charge is -2.30. The van der Waals surface area contributed by atoms with Crippen LogP contribution in [0.25, 0.3) is 0 Å². The van der Waals surface area contributed by atoms with Gasteiger partial charge in [0.05, 0.1) is 17.6 Å². The first-order valence-corrected chi connectivity index (χ1v) is 12.1. The normalized spacial score (nSPS) is 12.5. The molecule has 7 heteroatoms. The van der Waals surface area contributed by atoms with Crippen LogP contribution in [0, 0.1) is 13.8 Å². The summed E-state index contributed by atoms with van der Waals surface area (Å²) in [6, 6.07) is 12.3. The molecule has 0 unspecified atom stereocenters. The van der Waals surface area contributed by atoms with Crippen LogP contribution in [0.5, 0.6) is 0 Å². The molecule has 0 fully saturated rings. The Bertz CT molecular complexity index is 922. The molecule has 0 aliphatic rings.